The van der Waals surface area contributed by atoms with Gasteiger partial charge in [0.15, 0.2) is 0 Å². The molecule has 1 aliphatic rings. The quantitative estimate of drug-likeness (QED) is 0.523. The summed E-state index contributed by atoms with van der Waals surface area (Å²) in [6.07, 6.45) is 5.94. The van der Waals surface area contributed by atoms with Crippen molar-refractivity contribution in [1.82, 2.24) is 0 Å². The van der Waals surface area contributed by atoms with Crippen LogP contribution in [0.4, 0.5) is 0 Å². The predicted molar refractivity (Wildman–Crippen MR) is 36.9 cm³/mol. The number of hydrogen-bond donors (Lipinski definition) is 0. The zero-order valence-electron chi connectivity index (χ0n) is 5.73. The summed E-state index contributed by atoms with van der Waals surface area (Å²) >= 11 is 0. The molecule has 0 spiro atoms. The molecule has 0 aromatic heterocycles. The molecule has 0 bridgehead atoms. The van der Waals surface area contributed by atoms with E-state index in [2.05, 4.69) is 6.92 Å². The maximum absolute atomic E-state index is 10.7. The Morgan fingerprint density at radius 3 is 2.11 bits per heavy atom. The maximum atomic E-state index is 10.7. The summed E-state index contributed by atoms with van der Waals surface area (Å²) in [5.74, 6) is 0.452. The van der Waals surface area contributed by atoms with E-state index >= 15 is 0 Å². The van der Waals surface area contributed by atoms with Crippen molar-refractivity contribution in [1.29, 1.82) is 0 Å². The second-order valence-electron chi connectivity index (χ2n) is 2.80. The molecule has 0 amide bonds. The first-order chi connectivity index (χ1) is 4.30. The fourth-order valence-electron chi connectivity index (χ4n) is 1.42. The van der Waals surface area contributed by atoms with Gasteiger partial charge in [-0.25, -0.2) is 0 Å². The highest BCUT2D eigenvalue weighted by Crippen LogP contribution is 2.23. The van der Waals surface area contributed by atoms with Gasteiger partial charge in [0.1, 0.15) is 5.78 Å². The van der Waals surface area contributed by atoms with Crippen LogP contribution in [0.15, 0.2) is 0 Å². The molecule has 1 saturated carbocycles. The van der Waals surface area contributed by atoms with Crippen LogP contribution in [0.5, 0.6) is 0 Å². The van der Waals surface area contributed by atoms with Gasteiger partial charge in [0, 0.05) is 12.8 Å². The van der Waals surface area contributed by atoms with Crippen LogP contribution in [0.1, 0.15) is 32.1 Å². The first kappa shape index (κ1) is 6.79. The molecular formula is C8H13O. The number of rotatable bonds is 1. The van der Waals surface area contributed by atoms with Crippen LogP contribution in [0, 0.1) is 12.8 Å². The monoisotopic (exact) mass is 125 g/mol. The summed E-state index contributed by atoms with van der Waals surface area (Å²) < 4.78 is 0. The van der Waals surface area contributed by atoms with Crippen molar-refractivity contribution in [3.05, 3.63) is 6.92 Å². The Kier molecular flexibility index (Phi) is 2.26. The minimum atomic E-state index is 0.148. The summed E-state index contributed by atoms with van der Waals surface area (Å²) in [5.41, 5.74) is 0. The topological polar surface area (TPSA) is 17.1 Å². The minimum absolute atomic E-state index is 0.148. The van der Waals surface area contributed by atoms with Gasteiger partial charge in [0.25, 0.3) is 0 Å². The van der Waals surface area contributed by atoms with Crippen LogP contribution in [-0.4, -0.2) is 5.78 Å². The number of ketones is 1. The van der Waals surface area contributed by atoms with Crippen LogP contribution >= 0.6 is 0 Å². The third-order valence-electron chi connectivity index (χ3n) is 2.06. The molecular weight excluding hydrogens is 112 g/mol. The standard InChI is InChI=1S/C8H13O/c1-7(9)8-5-3-2-4-6-8/h8H,1-6H2. The molecule has 1 radical (unpaired) electrons. The molecule has 51 valence electrons. The predicted octanol–water partition coefficient (Wildman–Crippen LogP) is 1.97. The van der Waals surface area contributed by atoms with E-state index in [-0.39, 0.29) is 5.78 Å². The van der Waals surface area contributed by atoms with E-state index in [0.29, 0.717) is 5.92 Å². The Morgan fingerprint density at radius 1 is 1.22 bits per heavy atom. The molecule has 1 nitrogen and oxygen atoms in total. The SMILES string of the molecule is [CH2]C(=O)C1CCCCC1. The average Bonchev–Trinajstić information content (AvgIpc) is 1.90. The van der Waals surface area contributed by atoms with E-state index in [4.69, 9.17) is 0 Å². The molecule has 0 saturated heterocycles. The summed E-state index contributed by atoms with van der Waals surface area (Å²) in [6.45, 7) is 3.42. The highest BCUT2D eigenvalue weighted by atomic mass is 16.1. The number of carbonyl (C=O) groups is 1. The first-order valence-corrected chi connectivity index (χ1v) is 3.66. The van der Waals surface area contributed by atoms with E-state index in [1.54, 1.807) is 0 Å². The van der Waals surface area contributed by atoms with Gasteiger partial charge in [-0.15, -0.1) is 0 Å². The zero-order valence-corrected chi connectivity index (χ0v) is 5.73. The van der Waals surface area contributed by atoms with Crippen molar-refractivity contribution in [2.75, 3.05) is 0 Å². The molecule has 0 atom stereocenters. The van der Waals surface area contributed by atoms with Gasteiger partial charge in [-0.1, -0.05) is 19.3 Å². The normalized spacial score (nSPS) is 21.9. The van der Waals surface area contributed by atoms with Crippen LogP contribution in [0.25, 0.3) is 0 Å². The van der Waals surface area contributed by atoms with Crippen LogP contribution in [0.3, 0.4) is 0 Å². The Morgan fingerprint density at radius 2 is 1.78 bits per heavy atom. The molecule has 1 fully saturated rings. The summed E-state index contributed by atoms with van der Waals surface area (Å²) in [4.78, 5) is 10.7. The molecule has 1 rings (SSSR count). The van der Waals surface area contributed by atoms with E-state index in [9.17, 15) is 4.79 Å². The lowest BCUT2D eigenvalue weighted by atomic mass is 9.87. The van der Waals surface area contributed by atoms with Gasteiger partial charge in [-0.05, 0) is 12.8 Å². The third-order valence-corrected chi connectivity index (χ3v) is 2.06. The molecule has 0 N–H and O–H groups in total. The maximum Gasteiger partial charge on any atom is 0.136 e. The molecule has 9 heavy (non-hydrogen) atoms. The van der Waals surface area contributed by atoms with Gasteiger partial charge in [0.05, 0.1) is 0 Å². The molecule has 1 heteroatoms. The fraction of sp³-hybridized carbons (Fsp3) is 0.750. The van der Waals surface area contributed by atoms with Gasteiger partial charge < -0.3 is 0 Å². The largest absolute Gasteiger partial charge is 0.299 e. The van der Waals surface area contributed by atoms with Gasteiger partial charge in [-0.2, -0.15) is 0 Å². The lowest BCUT2D eigenvalue weighted by Gasteiger charge is -2.17. The fourth-order valence-corrected chi connectivity index (χ4v) is 1.42. The van der Waals surface area contributed by atoms with Crippen molar-refractivity contribution in [3.63, 3.8) is 0 Å². The summed E-state index contributed by atoms with van der Waals surface area (Å²) in [6, 6.07) is 0. The van der Waals surface area contributed by atoms with Crippen molar-refractivity contribution in [3.8, 4) is 0 Å². The molecule has 0 aliphatic heterocycles. The first-order valence-electron chi connectivity index (χ1n) is 3.66. The Hall–Kier alpha value is -0.330. The Labute approximate surface area is 56.4 Å². The molecule has 1 aliphatic carbocycles. The van der Waals surface area contributed by atoms with Crippen molar-refractivity contribution in [2.45, 2.75) is 32.1 Å². The second kappa shape index (κ2) is 3.00. The molecule has 0 heterocycles. The van der Waals surface area contributed by atoms with Crippen LogP contribution in [0.2, 0.25) is 0 Å². The summed E-state index contributed by atoms with van der Waals surface area (Å²) in [7, 11) is 0. The molecule has 0 aromatic rings. The molecule has 0 aromatic carbocycles. The van der Waals surface area contributed by atoms with E-state index < -0.39 is 0 Å². The second-order valence-corrected chi connectivity index (χ2v) is 2.80. The van der Waals surface area contributed by atoms with Crippen LogP contribution in [-0.2, 0) is 4.79 Å². The van der Waals surface area contributed by atoms with Crippen molar-refractivity contribution < 1.29 is 4.79 Å². The number of Topliss-reactive ketones (excluding diaryl/α,β-unsaturated/α-hetero) is 1. The highest BCUT2D eigenvalue weighted by Gasteiger charge is 2.16. The van der Waals surface area contributed by atoms with Crippen molar-refractivity contribution >= 4 is 5.78 Å². The number of carbonyl (C=O) groups excluding carboxylic acids is 1. The Balaban J connectivity index is 2.31. The van der Waals surface area contributed by atoms with E-state index in [1.165, 1.54) is 19.3 Å². The van der Waals surface area contributed by atoms with E-state index in [0.717, 1.165) is 12.8 Å². The number of hydrogen-bond acceptors (Lipinski definition) is 1. The smallest absolute Gasteiger partial charge is 0.136 e. The lowest BCUT2D eigenvalue weighted by molar-refractivity contribution is -0.119. The molecule has 0 unspecified atom stereocenters. The Bertz CT molecular complexity index is 101. The zero-order chi connectivity index (χ0) is 6.69. The highest BCUT2D eigenvalue weighted by molar-refractivity contribution is 5.84. The van der Waals surface area contributed by atoms with Gasteiger partial charge in [0.2, 0.25) is 0 Å². The minimum Gasteiger partial charge on any atom is -0.299 e. The van der Waals surface area contributed by atoms with Gasteiger partial charge >= 0.3 is 0 Å². The third kappa shape index (κ3) is 1.81. The average molecular weight is 125 g/mol. The van der Waals surface area contributed by atoms with Gasteiger partial charge in [-0.3, -0.25) is 4.79 Å². The van der Waals surface area contributed by atoms with E-state index in [1.807, 2.05) is 0 Å². The lowest BCUT2D eigenvalue weighted by Crippen LogP contribution is -2.14. The van der Waals surface area contributed by atoms with Crippen LogP contribution < -0.4 is 0 Å². The van der Waals surface area contributed by atoms with Crippen molar-refractivity contribution in [2.24, 2.45) is 5.92 Å². The summed E-state index contributed by atoms with van der Waals surface area (Å²) in [5, 5.41) is 0.